The molecule has 2 aromatic rings. The van der Waals surface area contributed by atoms with Crippen LogP contribution >= 0.6 is 11.3 Å². The normalized spacial score (nSPS) is 17.5. The van der Waals surface area contributed by atoms with Crippen LogP contribution in [0.2, 0.25) is 0 Å². The van der Waals surface area contributed by atoms with Gasteiger partial charge in [-0.2, -0.15) is 16.4 Å². The fraction of sp³-hybridized carbons (Fsp3) is 0.529. The van der Waals surface area contributed by atoms with E-state index < -0.39 is 0 Å². The quantitative estimate of drug-likeness (QED) is 0.835. The van der Waals surface area contributed by atoms with E-state index in [-0.39, 0.29) is 12.0 Å². The van der Waals surface area contributed by atoms with E-state index in [1.165, 1.54) is 5.56 Å². The standard InChI is InChI=1S/C17H24N4O2S/c1-13-16(8-18-20(13)2)19-17(22)11-21(9-14-5-7-24-12-14)10-15-4-3-6-23-15/h5,7-8,12,15H,3-4,6,9-11H2,1-2H3,(H,19,22). The van der Waals surface area contributed by atoms with Crippen molar-refractivity contribution in [3.8, 4) is 0 Å². The van der Waals surface area contributed by atoms with Crippen molar-refractivity contribution in [2.45, 2.75) is 32.4 Å². The number of ether oxygens (including phenoxy) is 1. The summed E-state index contributed by atoms with van der Waals surface area (Å²) < 4.78 is 7.50. The minimum atomic E-state index is -0.0145. The second kappa shape index (κ2) is 7.92. The predicted molar refractivity (Wildman–Crippen MR) is 95.1 cm³/mol. The molecule has 0 bridgehead atoms. The van der Waals surface area contributed by atoms with Gasteiger partial charge >= 0.3 is 0 Å². The zero-order chi connectivity index (χ0) is 16.9. The molecule has 24 heavy (non-hydrogen) atoms. The van der Waals surface area contributed by atoms with Crippen molar-refractivity contribution in [3.05, 3.63) is 34.3 Å². The molecular weight excluding hydrogens is 324 g/mol. The maximum atomic E-state index is 12.5. The number of carbonyl (C=O) groups is 1. The van der Waals surface area contributed by atoms with Crippen LogP contribution in [0.5, 0.6) is 0 Å². The predicted octanol–water partition coefficient (Wildman–Crippen LogP) is 2.41. The Hall–Kier alpha value is -1.70. The molecule has 1 fully saturated rings. The highest BCUT2D eigenvalue weighted by Crippen LogP contribution is 2.17. The Morgan fingerprint density at radius 3 is 3.08 bits per heavy atom. The Morgan fingerprint density at radius 1 is 1.58 bits per heavy atom. The number of nitrogens with one attached hydrogen (secondary N) is 1. The lowest BCUT2D eigenvalue weighted by molar-refractivity contribution is -0.117. The fourth-order valence-electron chi connectivity index (χ4n) is 2.92. The molecule has 0 spiro atoms. The van der Waals surface area contributed by atoms with Gasteiger partial charge < -0.3 is 10.1 Å². The number of nitrogens with zero attached hydrogens (tertiary/aromatic N) is 3. The van der Waals surface area contributed by atoms with Crippen LogP contribution in [-0.2, 0) is 23.1 Å². The maximum absolute atomic E-state index is 12.5. The smallest absolute Gasteiger partial charge is 0.238 e. The summed E-state index contributed by atoms with van der Waals surface area (Å²) in [6, 6.07) is 2.11. The first kappa shape index (κ1) is 17.1. The first-order valence-corrected chi connectivity index (χ1v) is 9.19. The summed E-state index contributed by atoms with van der Waals surface area (Å²) in [7, 11) is 1.87. The second-order valence-electron chi connectivity index (χ2n) is 6.25. The lowest BCUT2D eigenvalue weighted by Crippen LogP contribution is -2.37. The Balaban J connectivity index is 1.61. The third-order valence-electron chi connectivity index (χ3n) is 4.35. The number of anilines is 1. The first-order valence-electron chi connectivity index (χ1n) is 8.25. The number of rotatable bonds is 7. The largest absolute Gasteiger partial charge is 0.377 e. The zero-order valence-electron chi connectivity index (χ0n) is 14.2. The Labute approximate surface area is 146 Å². The van der Waals surface area contributed by atoms with Gasteiger partial charge in [0.1, 0.15) is 0 Å². The molecule has 6 nitrogen and oxygen atoms in total. The van der Waals surface area contributed by atoms with Crippen LogP contribution in [0.4, 0.5) is 5.69 Å². The molecule has 3 rings (SSSR count). The highest BCUT2D eigenvalue weighted by atomic mass is 32.1. The van der Waals surface area contributed by atoms with Crippen LogP contribution < -0.4 is 5.32 Å². The number of hydrogen-bond acceptors (Lipinski definition) is 5. The van der Waals surface area contributed by atoms with Gasteiger partial charge in [-0.05, 0) is 42.2 Å². The summed E-state index contributed by atoms with van der Waals surface area (Å²) in [6.07, 6.45) is 4.11. The second-order valence-corrected chi connectivity index (χ2v) is 7.03. The van der Waals surface area contributed by atoms with Crippen LogP contribution in [0.15, 0.2) is 23.0 Å². The maximum Gasteiger partial charge on any atom is 0.238 e. The lowest BCUT2D eigenvalue weighted by atomic mass is 10.2. The topological polar surface area (TPSA) is 59.4 Å². The van der Waals surface area contributed by atoms with E-state index in [1.54, 1.807) is 22.2 Å². The summed E-state index contributed by atoms with van der Waals surface area (Å²) in [5, 5.41) is 11.3. The Morgan fingerprint density at radius 2 is 2.46 bits per heavy atom. The molecule has 0 aliphatic carbocycles. The van der Waals surface area contributed by atoms with Crippen molar-refractivity contribution in [3.63, 3.8) is 0 Å². The monoisotopic (exact) mass is 348 g/mol. The lowest BCUT2D eigenvalue weighted by Gasteiger charge is -2.24. The van der Waals surface area contributed by atoms with E-state index in [9.17, 15) is 4.79 Å². The van der Waals surface area contributed by atoms with Gasteiger partial charge in [-0.25, -0.2) is 0 Å². The minimum absolute atomic E-state index is 0.0145. The van der Waals surface area contributed by atoms with E-state index in [4.69, 9.17) is 4.74 Å². The van der Waals surface area contributed by atoms with Crippen LogP contribution in [0.25, 0.3) is 0 Å². The number of amides is 1. The number of aromatic nitrogens is 2. The van der Waals surface area contributed by atoms with E-state index in [0.717, 1.165) is 43.9 Å². The highest BCUT2D eigenvalue weighted by molar-refractivity contribution is 7.07. The molecular formula is C17H24N4O2S. The Kier molecular flexibility index (Phi) is 5.65. The average molecular weight is 348 g/mol. The molecule has 7 heteroatoms. The molecule has 1 aliphatic heterocycles. The Bertz CT molecular complexity index is 662. The van der Waals surface area contributed by atoms with Gasteiger partial charge in [0, 0.05) is 26.7 Å². The molecule has 0 saturated carbocycles. The molecule has 3 heterocycles. The average Bonchev–Trinajstić information content (AvgIpc) is 3.28. The fourth-order valence-corrected chi connectivity index (χ4v) is 3.58. The molecule has 1 N–H and O–H groups in total. The van der Waals surface area contributed by atoms with Gasteiger partial charge in [-0.3, -0.25) is 14.4 Å². The van der Waals surface area contributed by atoms with Gasteiger partial charge in [0.15, 0.2) is 0 Å². The van der Waals surface area contributed by atoms with Crippen molar-refractivity contribution in [2.75, 3.05) is 25.0 Å². The molecule has 0 aromatic carbocycles. The van der Waals surface area contributed by atoms with E-state index in [1.807, 2.05) is 14.0 Å². The molecule has 130 valence electrons. The summed E-state index contributed by atoms with van der Waals surface area (Å²) >= 11 is 1.68. The highest BCUT2D eigenvalue weighted by Gasteiger charge is 2.21. The van der Waals surface area contributed by atoms with Crippen LogP contribution in [-0.4, -0.2) is 46.4 Å². The van der Waals surface area contributed by atoms with Crippen molar-refractivity contribution < 1.29 is 9.53 Å². The van der Waals surface area contributed by atoms with Gasteiger partial charge in [-0.15, -0.1) is 0 Å². The zero-order valence-corrected chi connectivity index (χ0v) is 15.0. The summed E-state index contributed by atoms with van der Waals surface area (Å²) in [5.41, 5.74) is 2.96. The third kappa shape index (κ3) is 4.43. The summed E-state index contributed by atoms with van der Waals surface area (Å²) in [5.74, 6) is -0.0145. The number of hydrogen-bond donors (Lipinski definition) is 1. The number of carbonyl (C=O) groups excluding carboxylic acids is 1. The van der Waals surface area contributed by atoms with Crippen LogP contribution in [0.1, 0.15) is 24.1 Å². The first-order chi connectivity index (χ1) is 11.6. The molecule has 1 aliphatic rings. The van der Waals surface area contributed by atoms with Crippen molar-refractivity contribution >= 4 is 22.9 Å². The van der Waals surface area contributed by atoms with Crippen LogP contribution in [0.3, 0.4) is 0 Å². The SMILES string of the molecule is Cc1c(NC(=O)CN(Cc2ccsc2)CC2CCCO2)cnn1C. The van der Waals surface area contributed by atoms with Crippen molar-refractivity contribution in [1.82, 2.24) is 14.7 Å². The molecule has 0 radical (unpaired) electrons. The van der Waals surface area contributed by atoms with Gasteiger partial charge in [0.05, 0.1) is 30.2 Å². The molecule has 1 saturated heterocycles. The van der Waals surface area contributed by atoms with Gasteiger partial charge in [0.2, 0.25) is 5.91 Å². The van der Waals surface area contributed by atoms with Crippen molar-refractivity contribution in [2.24, 2.45) is 7.05 Å². The molecule has 1 amide bonds. The molecule has 2 aromatic heterocycles. The summed E-state index contributed by atoms with van der Waals surface area (Å²) in [4.78, 5) is 14.6. The van der Waals surface area contributed by atoms with Gasteiger partial charge in [-0.1, -0.05) is 0 Å². The minimum Gasteiger partial charge on any atom is -0.377 e. The third-order valence-corrected chi connectivity index (χ3v) is 5.08. The number of aryl methyl sites for hydroxylation is 1. The van der Waals surface area contributed by atoms with E-state index in [0.29, 0.717) is 6.54 Å². The van der Waals surface area contributed by atoms with E-state index >= 15 is 0 Å². The molecule has 1 unspecified atom stereocenters. The van der Waals surface area contributed by atoms with Gasteiger partial charge in [0.25, 0.3) is 0 Å². The van der Waals surface area contributed by atoms with Crippen molar-refractivity contribution in [1.29, 1.82) is 0 Å². The molecule has 1 atom stereocenters. The van der Waals surface area contributed by atoms with E-state index in [2.05, 4.69) is 32.1 Å². The number of thiophene rings is 1. The summed E-state index contributed by atoms with van der Waals surface area (Å²) in [6.45, 7) is 4.68. The van der Waals surface area contributed by atoms with Crippen LogP contribution in [0, 0.1) is 6.92 Å².